The Hall–Kier alpha value is -3.78. The molecule has 2 N–H and O–H groups in total. The van der Waals surface area contributed by atoms with Crippen molar-refractivity contribution >= 4 is 22.6 Å². The number of para-hydroxylation sites is 1. The van der Waals surface area contributed by atoms with E-state index in [9.17, 15) is 9.59 Å². The fourth-order valence-electron chi connectivity index (χ4n) is 3.40. The molecule has 1 unspecified atom stereocenters. The Bertz CT molecular complexity index is 1230. The summed E-state index contributed by atoms with van der Waals surface area (Å²) in [6, 6.07) is 17.6. The van der Waals surface area contributed by atoms with E-state index in [1.54, 1.807) is 38.2 Å². The number of hydrogen-bond acceptors (Lipinski definition) is 6. The number of aromatic nitrogens is 3. The van der Waals surface area contributed by atoms with E-state index in [0.717, 1.165) is 5.56 Å². The van der Waals surface area contributed by atoms with Gasteiger partial charge in [-0.15, -0.1) is 0 Å². The second-order valence-corrected chi connectivity index (χ2v) is 7.07. The first kappa shape index (κ1) is 19.5. The van der Waals surface area contributed by atoms with Crippen molar-refractivity contribution in [3.8, 4) is 0 Å². The van der Waals surface area contributed by atoms with Gasteiger partial charge in [-0.05, 0) is 31.7 Å². The van der Waals surface area contributed by atoms with Gasteiger partial charge in [-0.3, -0.25) is 14.5 Å². The van der Waals surface area contributed by atoms with Crippen LogP contribution < -0.4 is 10.9 Å². The van der Waals surface area contributed by atoms with Crippen LogP contribution in [0.1, 0.15) is 23.2 Å². The average Bonchev–Trinajstić information content (AvgIpc) is 3.13. The molecule has 8 nitrogen and oxygen atoms in total. The number of aryl methyl sites for hydroxylation is 1. The number of nitrogens with zero attached hydrogens (tertiary/aromatic N) is 3. The third kappa shape index (κ3) is 4.13. The van der Waals surface area contributed by atoms with Crippen LogP contribution in [-0.4, -0.2) is 33.0 Å². The predicted molar refractivity (Wildman–Crippen MR) is 113 cm³/mol. The highest BCUT2D eigenvalue weighted by atomic mass is 16.5. The van der Waals surface area contributed by atoms with Gasteiger partial charge in [0.25, 0.3) is 5.56 Å². The number of carbonyl (C=O) groups excluding carboxylic acids is 1. The molecule has 1 amide bonds. The smallest absolute Gasteiger partial charge is 0.258 e. The van der Waals surface area contributed by atoms with Gasteiger partial charge in [-0.1, -0.05) is 47.6 Å². The van der Waals surface area contributed by atoms with Crippen LogP contribution in [-0.2, 0) is 11.3 Å². The van der Waals surface area contributed by atoms with E-state index in [4.69, 9.17) is 4.52 Å². The van der Waals surface area contributed by atoms with Crippen molar-refractivity contribution in [1.82, 2.24) is 20.0 Å². The van der Waals surface area contributed by atoms with Gasteiger partial charge in [0.1, 0.15) is 17.6 Å². The minimum absolute atomic E-state index is 0.206. The third-order valence-corrected chi connectivity index (χ3v) is 4.74. The number of aromatic amines is 1. The van der Waals surface area contributed by atoms with Gasteiger partial charge in [-0.2, -0.15) is 0 Å². The zero-order valence-electron chi connectivity index (χ0n) is 16.6. The van der Waals surface area contributed by atoms with E-state index in [1.807, 2.05) is 41.3 Å². The van der Waals surface area contributed by atoms with E-state index < -0.39 is 6.04 Å². The molecule has 152 valence electrons. The largest absolute Gasteiger partial charge is 0.360 e. The molecule has 4 aromatic rings. The van der Waals surface area contributed by atoms with Gasteiger partial charge in [0.2, 0.25) is 5.91 Å². The van der Waals surface area contributed by atoms with Crippen LogP contribution in [0.5, 0.6) is 0 Å². The molecule has 0 saturated heterocycles. The molecule has 0 spiro atoms. The number of benzene rings is 2. The monoisotopic (exact) mass is 403 g/mol. The molecule has 0 radical (unpaired) electrons. The molecule has 0 aliphatic rings. The zero-order chi connectivity index (χ0) is 21.1. The second-order valence-electron chi connectivity index (χ2n) is 7.07. The SMILES string of the molecule is Cc1cc(NC(=O)C(c2ccccc2)N(C)Cc2nc3ccccc3c(=O)[nH]2)no1. The summed E-state index contributed by atoms with van der Waals surface area (Å²) < 4.78 is 5.03. The summed E-state index contributed by atoms with van der Waals surface area (Å²) in [5.41, 5.74) is 1.21. The number of amides is 1. The van der Waals surface area contributed by atoms with Crippen LogP contribution in [0.2, 0.25) is 0 Å². The molecule has 0 aliphatic heterocycles. The lowest BCUT2D eigenvalue weighted by Gasteiger charge is -2.26. The molecule has 8 heteroatoms. The molecule has 2 aromatic heterocycles. The van der Waals surface area contributed by atoms with Crippen molar-refractivity contribution in [3.63, 3.8) is 0 Å². The number of H-pyrrole nitrogens is 1. The first-order valence-corrected chi connectivity index (χ1v) is 9.48. The molecule has 0 aliphatic carbocycles. The number of nitrogens with one attached hydrogen (secondary N) is 2. The predicted octanol–water partition coefficient (Wildman–Crippen LogP) is 3.03. The Morgan fingerprint density at radius 3 is 2.63 bits per heavy atom. The van der Waals surface area contributed by atoms with Crippen molar-refractivity contribution in [2.45, 2.75) is 19.5 Å². The fraction of sp³-hybridized carbons (Fsp3) is 0.182. The lowest BCUT2D eigenvalue weighted by Crippen LogP contribution is -2.35. The van der Waals surface area contributed by atoms with Crippen molar-refractivity contribution < 1.29 is 9.32 Å². The topological polar surface area (TPSA) is 104 Å². The van der Waals surface area contributed by atoms with E-state index in [2.05, 4.69) is 20.4 Å². The molecule has 1 atom stereocenters. The highest BCUT2D eigenvalue weighted by Gasteiger charge is 2.26. The summed E-state index contributed by atoms with van der Waals surface area (Å²) >= 11 is 0. The Labute approximate surface area is 172 Å². The van der Waals surface area contributed by atoms with Gasteiger partial charge >= 0.3 is 0 Å². The Kier molecular flexibility index (Phi) is 5.40. The van der Waals surface area contributed by atoms with Crippen LogP contribution in [0, 0.1) is 6.92 Å². The van der Waals surface area contributed by atoms with Gasteiger partial charge in [0, 0.05) is 6.07 Å². The standard InChI is InChI=1S/C22H21N5O3/c1-14-12-18(26-30-14)24-22(29)20(15-8-4-3-5-9-15)27(2)13-19-23-17-11-7-6-10-16(17)21(28)25-19/h3-12,20H,13H2,1-2H3,(H,23,25,28)(H,24,26,29). The Morgan fingerprint density at radius 2 is 1.90 bits per heavy atom. The second kappa shape index (κ2) is 8.30. The van der Waals surface area contributed by atoms with E-state index in [0.29, 0.717) is 28.3 Å². The van der Waals surface area contributed by atoms with Crippen LogP contribution in [0.4, 0.5) is 5.82 Å². The van der Waals surface area contributed by atoms with Gasteiger partial charge in [0.05, 0.1) is 17.4 Å². The van der Waals surface area contributed by atoms with E-state index in [1.165, 1.54) is 0 Å². The zero-order valence-corrected chi connectivity index (χ0v) is 16.6. The summed E-state index contributed by atoms with van der Waals surface area (Å²) in [6.45, 7) is 2.02. The van der Waals surface area contributed by atoms with Gasteiger partial charge in [0.15, 0.2) is 5.82 Å². The van der Waals surface area contributed by atoms with Crippen LogP contribution >= 0.6 is 0 Å². The van der Waals surface area contributed by atoms with Crippen molar-refractivity contribution in [2.24, 2.45) is 0 Å². The molecule has 0 saturated carbocycles. The van der Waals surface area contributed by atoms with Crippen molar-refractivity contribution in [1.29, 1.82) is 0 Å². The Morgan fingerprint density at radius 1 is 1.17 bits per heavy atom. The summed E-state index contributed by atoms with van der Waals surface area (Å²) in [7, 11) is 1.81. The van der Waals surface area contributed by atoms with Crippen molar-refractivity contribution in [3.05, 3.63) is 88.2 Å². The molecule has 2 aromatic carbocycles. The summed E-state index contributed by atoms with van der Waals surface area (Å²) in [6.07, 6.45) is 0. The lowest BCUT2D eigenvalue weighted by atomic mass is 10.0. The van der Waals surface area contributed by atoms with Crippen LogP contribution in [0.3, 0.4) is 0 Å². The van der Waals surface area contributed by atoms with E-state index in [-0.39, 0.29) is 18.0 Å². The third-order valence-electron chi connectivity index (χ3n) is 4.74. The minimum Gasteiger partial charge on any atom is -0.360 e. The molecule has 0 bridgehead atoms. The minimum atomic E-state index is -0.625. The first-order chi connectivity index (χ1) is 14.5. The van der Waals surface area contributed by atoms with Gasteiger partial charge in [-0.25, -0.2) is 4.98 Å². The maximum Gasteiger partial charge on any atom is 0.258 e. The lowest BCUT2D eigenvalue weighted by molar-refractivity contribution is -0.121. The van der Waals surface area contributed by atoms with Gasteiger partial charge < -0.3 is 14.8 Å². The van der Waals surface area contributed by atoms with E-state index >= 15 is 0 Å². The first-order valence-electron chi connectivity index (χ1n) is 9.48. The molecular weight excluding hydrogens is 382 g/mol. The fourth-order valence-corrected chi connectivity index (χ4v) is 3.40. The highest BCUT2D eigenvalue weighted by molar-refractivity contribution is 5.94. The highest BCUT2D eigenvalue weighted by Crippen LogP contribution is 2.23. The number of likely N-dealkylation sites (N-methyl/N-ethyl adjacent to an activating group) is 1. The normalized spacial score (nSPS) is 12.2. The molecule has 4 rings (SSSR count). The number of fused-ring (bicyclic) bond motifs is 1. The molecular formula is C22H21N5O3. The van der Waals surface area contributed by atoms with Crippen LogP contribution in [0.15, 0.2) is 70.0 Å². The maximum atomic E-state index is 13.1. The molecule has 0 fully saturated rings. The summed E-state index contributed by atoms with van der Waals surface area (Å²) in [5, 5.41) is 7.16. The van der Waals surface area contributed by atoms with Crippen LogP contribution in [0.25, 0.3) is 10.9 Å². The molecule has 30 heavy (non-hydrogen) atoms. The summed E-state index contributed by atoms with van der Waals surface area (Å²) in [4.78, 5) is 34.7. The summed E-state index contributed by atoms with van der Waals surface area (Å²) in [5.74, 6) is 1.17. The number of rotatable bonds is 6. The van der Waals surface area contributed by atoms with Crippen molar-refractivity contribution in [2.75, 3.05) is 12.4 Å². The molecule has 2 heterocycles. The Balaban J connectivity index is 1.63. The quantitative estimate of drug-likeness (QED) is 0.513. The number of carbonyl (C=O) groups is 1. The number of hydrogen-bond donors (Lipinski definition) is 2. The maximum absolute atomic E-state index is 13.1. The average molecular weight is 403 g/mol. The number of anilines is 1.